The van der Waals surface area contributed by atoms with Crippen molar-refractivity contribution in [1.82, 2.24) is 0 Å². The number of nitrogens with zero attached hydrogens (tertiary/aromatic N) is 1. The van der Waals surface area contributed by atoms with E-state index < -0.39 is 5.54 Å². The van der Waals surface area contributed by atoms with Crippen LogP contribution in [0.15, 0.2) is 24.3 Å². The van der Waals surface area contributed by atoms with Gasteiger partial charge in [0, 0.05) is 5.69 Å². The van der Waals surface area contributed by atoms with Crippen molar-refractivity contribution in [2.75, 3.05) is 5.32 Å². The molecule has 0 aliphatic heterocycles. The Hall–Kier alpha value is -1.56. The van der Waals surface area contributed by atoms with Gasteiger partial charge in [0.05, 0.1) is 6.07 Å². The molecular formula is C14H17FN2. The zero-order valence-corrected chi connectivity index (χ0v) is 10.0. The number of halogens is 1. The van der Waals surface area contributed by atoms with Crippen LogP contribution in [0.25, 0.3) is 0 Å². The molecule has 1 aliphatic rings. The first-order chi connectivity index (χ1) is 8.17. The highest BCUT2D eigenvalue weighted by atomic mass is 19.1. The second-order valence-corrected chi connectivity index (χ2v) is 4.85. The molecule has 0 bridgehead atoms. The average molecular weight is 232 g/mol. The highest BCUT2D eigenvalue weighted by Gasteiger charge is 2.38. The minimum absolute atomic E-state index is 0.270. The summed E-state index contributed by atoms with van der Waals surface area (Å²) in [5, 5.41) is 12.6. The highest BCUT2D eigenvalue weighted by Crippen LogP contribution is 2.38. The Morgan fingerprint density at radius 2 is 2.41 bits per heavy atom. The summed E-state index contributed by atoms with van der Waals surface area (Å²) in [6.07, 6.45) is 3.88. The van der Waals surface area contributed by atoms with Gasteiger partial charge < -0.3 is 5.32 Å². The molecule has 0 saturated heterocycles. The maximum atomic E-state index is 13.1. The van der Waals surface area contributed by atoms with Crippen LogP contribution < -0.4 is 5.32 Å². The summed E-state index contributed by atoms with van der Waals surface area (Å²) in [6.45, 7) is 2.15. The number of benzene rings is 1. The number of hydrogen-bond acceptors (Lipinski definition) is 2. The Morgan fingerprint density at radius 1 is 1.59 bits per heavy atom. The predicted octanol–water partition coefficient (Wildman–Crippen LogP) is 3.71. The van der Waals surface area contributed by atoms with Crippen LogP contribution >= 0.6 is 0 Å². The zero-order chi connectivity index (χ0) is 12.3. The van der Waals surface area contributed by atoms with Crippen LogP contribution in [0, 0.1) is 23.1 Å². The van der Waals surface area contributed by atoms with E-state index in [4.69, 9.17) is 0 Å². The third-order valence-electron chi connectivity index (χ3n) is 3.62. The van der Waals surface area contributed by atoms with Crippen LogP contribution in [0.2, 0.25) is 0 Å². The third kappa shape index (κ3) is 2.58. The van der Waals surface area contributed by atoms with E-state index in [0.29, 0.717) is 11.6 Å². The fourth-order valence-electron chi connectivity index (χ4n) is 2.58. The smallest absolute Gasteiger partial charge is 0.125 e. The van der Waals surface area contributed by atoms with Gasteiger partial charge in [-0.05, 0) is 43.4 Å². The molecule has 0 spiro atoms. The van der Waals surface area contributed by atoms with E-state index in [1.165, 1.54) is 12.1 Å². The number of nitrogens with one attached hydrogen (secondary N) is 1. The molecule has 17 heavy (non-hydrogen) atoms. The lowest BCUT2D eigenvalue weighted by Gasteiger charge is -2.24. The van der Waals surface area contributed by atoms with Gasteiger partial charge in [-0.2, -0.15) is 5.26 Å². The van der Waals surface area contributed by atoms with Gasteiger partial charge in [0.25, 0.3) is 0 Å². The van der Waals surface area contributed by atoms with Crippen molar-refractivity contribution in [3.8, 4) is 6.07 Å². The highest BCUT2D eigenvalue weighted by molar-refractivity contribution is 5.48. The normalized spacial score (nSPS) is 27.7. The molecule has 2 unspecified atom stereocenters. The SMILES string of the molecule is CCC1CCC(C#N)(Nc2cccc(F)c2)C1. The minimum Gasteiger partial charge on any atom is -0.367 e. The summed E-state index contributed by atoms with van der Waals surface area (Å²) in [6, 6.07) is 8.70. The molecule has 1 aliphatic carbocycles. The molecular weight excluding hydrogens is 215 g/mol. The van der Waals surface area contributed by atoms with Crippen molar-refractivity contribution in [1.29, 1.82) is 5.26 Å². The molecule has 1 N–H and O–H groups in total. The lowest BCUT2D eigenvalue weighted by atomic mass is 9.96. The molecule has 2 atom stereocenters. The quantitative estimate of drug-likeness (QED) is 0.862. The first kappa shape index (κ1) is 11.9. The average Bonchev–Trinajstić information content (AvgIpc) is 2.73. The summed E-state index contributed by atoms with van der Waals surface area (Å²) in [5.74, 6) is 0.337. The summed E-state index contributed by atoms with van der Waals surface area (Å²) < 4.78 is 13.1. The molecule has 0 aromatic heterocycles. The molecule has 1 fully saturated rings. The van der Waals surface area contributed by atoms with E-state index in [1.54, 1.807) is 12.1 Å². The molecule has 0 amide bonds. The largest absolute Gasteiger partial charge is 0.367 e. The number of anilines is 1. The summed E-state index contributed by atoms with van der Waals surface area (Å²) >= 11 is 0. The second-order valence-electron chi connectivity index (χ2n) is 4.85. The maximum absolute atomic E-state index is 13.1. The predicted molar refractivity (Wildman–Crippen MR) is 66.0 cm³/mol. The van der Waals surface area contributed by atoms with Gasteiger partial charge in [-0.3, -0.25) is 0 Å². The van der Waals surface area contributed by atoms with Crippen LogP contribution in [0.5, 0.6) is 0 Å². The summed E-state index contributed by atoms with van der Waals surface area (Å²) in [4.78, 5) is 0. The molecule has 1 aromatic rings. The monoisotopic (exact) mass is 232 g/mol. The molecule has 0 heterocycles. The van der Waals surface area contributed by atoms with Gasteiger partial charge in [-0.15, -0.1) is 0 Å². The van der Waals surface area contributed by atoms with Crippen molar-refractivity contribution in [3.05, 3.63) is 30.1 Å². The Morgan fingerprint density at radius 3 is 3.00 bits per heavy atom. The molecule has 1 saturated carbocycles. The van der Waals surface area contributed by atoms with E-state index in [1.807, 2.05) is 0 Å². The van der Waals surface area contributed by atoms with Gasteiger partial charge in [0.15, 0.2) is 0 Å². The Balaban J connectivity index is 2.14. The van der Waals surface area contributed by atoms with Gasteiger partial charge in [0.2, 0.25) is 0 Å². The lowest BCUT2D eigenvalue weighted by Crippen LogP contribution is -2.33. The van der Waals surface area contributed by atoms with Crippen LogP contribution in [0.4, 0.5) is 10.1 Å². The van der Waals surface area contributed by atoms with Gasteiger partial charge in [0.1, 0.15) is 11.4 Å². The van der Waals surface area contributed by atoms with Crippen molar-refractivity contribution < 1.29 is 4.39 Å². The Bertz CT molecular complexity index is 438. The van der Waals surface area contributed by atoms with E-state index in [9.17, 15) is 9.65 Å². The fourth-order valence-corrected chi connectivity index (χ4v) is 2.58. The number of hydrogen-bond donors (Lipinski definition) is 1. The summed E-state index contributed by atoms with van der Waals surface area (Å²) in [7, 11) is 0. The van der Waals surface area contributed by atoms with E-state index in [0.717, 1.165) is 25.7 Å². The Labute approximate surface area is 101 Å². The third-order valence-corrected chi connectivity index (χ3v) is 3.62. The maximum Gasteiger partial charge on any atom is 0.125 e. The van der Waals surface area contributed by atoms with Crippen molar-refractivity contribution in [3.63, 3.8) is 0 Å². The fraction of sp³-hybridized carbons (Fsp3) is 0.500. The first-order valence-electron chi connectivity index (χ1n) is 6.12. The van der Waals surface area contributed by atoms with Crippen LogP contribution in [0.3, 0.4) is 0 Å². The van der Waals surface area contributed by atoms with Crippen molar-refractivity contribution in [2.24, 2.45) is 5.92 Å². The van der Waals surface area contributed by atoms with Crippen molar-refractivity contribution in [2.45, 2.75) is 38.1 Å². The van der Waals surface area contributed by atoms with E-state index in [2.05, 4.69) is 18.3 Å². The van der Waals surface area contributed by atoms with Gasteiger partial charge >= 0.3 is 0 Å². The Kier molecular flexibility index (Phi) is 3.33. The minimum atomic E-state index is -0.505. The second kappa shape index (κ2) is 4.75. The van der Waals surface area contributed by atoms with Gasteiger partial charge in [-0.25, -0.2) is 4.39 Å². The molecule has 90 valence electrons. The molecule has 2 nitrogen and oxygen atoms in total. The topological polar surface area (TPSA) is 35.8 Å². The standard InChI is InChI=1S/C14H17FN2/c1-2-11-6-7-14(9-11,10-16)17-13-5-3-4-12(15)8-13/h3-5,8,11,17H,2,6-7,9H2,1H3. The van der Waals surface area contributed by atoms with E-state index >= 15 is 0 Å². The van der Waals surface area contributed by atoms with Crippen LogP contribution in [-0.4, -0.2) is 5.54 Å². The van der Waals surface area contributed by atoms with Gasteiger partial charge in [-0.1, -0.05) is 19.4 Å². The van der Waals surface area contributed by atoms with Crippen LogP contribution in [0.1, 0.15) is 32.6 Å². The molecule has 1 aromatic carbocycles. The molecule has 3 heteroatoms. The van der Waals surface area contributed by atoms with E-state index in [-0.39, 0.29) is 5.82 Å². The first-order valence-corrected chi connectivity index (χ1v) is 6.12. The lowest BCUT2D eigenvalue weighted by molar-refractivity contribution is 0.503. The molecule has 2 rings (SSSR count). The number of rotatable bonds is 3. The zero-order valence-electron chi connectivity index (χ0n) is 10.0. The number of nitriles is 1. The van der Waals surface area contributed by atoms with Crippen LogP contribution in [-0.2, 0) is 0 Å². The summed E-state index contributed by atoms with van der Waals surface area (Å²) in [5.41, 5.74) is 0.192. The van der Waals surface area contributed by atoms with Crippen molar-refractivity contribution >= 4 is 5.69 Å². The molecule has 0 radical (unpaired) electrons.